The second-order valence-corrected chi connectivity index (χ2v) is 8.74. The highest BCUT2D eigenvalue weighted by atomic mass is 19.4. The van der Waals surface area contributed by atoms with Gasteiger partial charge in [0, 0.05) is 17.4 Å². The number of carbonyl (C=O) groups is 1. The van der Waals surface area contributed by atoms with E-state index in [0.717, 1.165) is 17.4 Å². The van der Waals surface area contributed by atoms with Crippen molar-refractivity contribution in [1.29, 1.82) is 5.26 Å². The van der Waals surface area contributed by atoms with E-state index >= 15 is 0 Å². The fourth-order valence-corrected chi connectivity index (χ4v) is 3.76. The second kappa shape index (κ2) is 12.9. The molecule has 0 aliphatic rings. The van der Waals surface area contributed by atoms with Crippen LogP contribution in [0.15, 0.2) is 60.9 Å². The molecule has 0 unspecified atom stereocenters. The summed E-state index contributed by atoms with van der Waals surface area (Å²) in [6.07, 6.45) is -1.85. The normalized spacial score (nSPS) is 10.9. The highest BCUT2D eigenvalue weighted by Crippen LogP contribution is 2.34. The maximum Gasteiger partial charge on any atom is 0.417 e. The molecule has 2 N–H and O–H groups in total. The number of methoxy groups -OCH3 is 1. The number of nitrogens with one attached hydrogen (secondary N) is 2. The molecular formula is C29H25F3N6O4. The summed E-state index contributed by atoms with van der Waals surface area (Å²) < 4.78 is 56.4. The quantitative estimate of drug-likeness (QED) is 0.234. The first-order valence-corrected chi connectivity index (χ1v) is 12.5. The van der Waals surface area contributed by atoms with Gasteiger partial charge in [0.2, 0.25) is 0 Å². The Bertz CT molecular complexity index is 1620. The summed E-state index contributed by atoms with van der Waals surface area (Å²) in [5, 5.41) is 13.8. The molecule has 2 amide bonds. The number of amides is 2. The third-order valence-corrected chi connectivity index (χ3v) is 5.84. The molecule has 13 heteroatoms. The van der Waals surface area contributed by atoms with Gasteiger partial charge in [-0.3, -0.25) is 0 Å². The molecule has 0 aliphatic heterocycles. The number of hydrogen-bond acceptors (Lipinski definition) is 8. The van der Waals surface area contributed by atoms with E-state index in [4.69, 9.17) is 19.5 Å². The van der Waals surface area contributed by atoms with Crippen molar-refractivity contribution in [3.05, 3.63) is 83.3 Å². The molecule has 0 saturated heterocycles. The predicted molar refractivity (Wildman–Crippen MR) is 147 cm³/mol. The molecule has 0 saturated carbocycles. The first-order valence-electron chi connectivity index (χ1n) is 12.5. The summed E-state index contributed by atoms with van der Waals surface area (Å²) in [4.78, 5) is 25.6. The molecule has 2 aromatic heterocycles. The fourth-order valence-electron chi connectivity index (χ4n) is 3.76. The predicted octanol–water partition coefficient (Wildman–Crippen LogP) is 6.37. The van der Waals surface area contributed by atoms with Gasteiger partial charge in [-0.1, -0.05) is 12.1 Å². The molecular weight excluding hydrogens is 553 g/mol. The third kappa shape index (κ3) is 7.22. The molecule has 4 rings (SSSR count). The van der Waals surface area contributed by atoms with Gasteiger partial charge >= 0.3 is 12.2 Å². The van der Waals surface area contributed by atoms with Gasteiger partial charge in [0.05, 0.1) is 48.5 Å². The Morgan fingerprint density at radius 2 is 1.79 bits per heavy atom. The first-order chi connectivity index (χ1) is 20.1. The number of ether oxygens (including phenoxy) is 3. The molecule has 0 bridgehead atoms. The van der Waals surface area contributed by atoms with Crippen LogP contribution in [0.4, 0.5) is 29.3 Å². The van der Waals surface area contributed by atoms with Crippen LogP contribution in [0.2, 0.25) is 0 Å². The number of nitriles is 1. The van der Waals surface area contributed by atoms with Crippen molar-refractivity contribution in [3.8, 4) is 34.8 Å². The van der Waals surface area contributed by atoms with Crippen LogP contribution in [-0.2, 0) is 12.8 Å². The van der Waals surface area contributed by atoms with E-state index in [1.54, 1.807) is 20.1 Å². The van der Waals surface area contributed by atoms with Crippen molar-refractivity contribution in [2.24, 2.45) is 0 Å². The summed E-state index contributed by atoms with van der Waals surface area (Å²) in [5.41, 5.74) is 0.234. The zero-order valence-electron chi connectivity index (χ0n) is 22.7. The summed E-state index contributed by atoms with van der Waals surface area (Å²) in [6, 6.07) is 12.7. The molecule has 2 heterocycles. The van der Waals surface area contributed by atoms with Gasteiger partial charge in [-0.2, -0.15) is 18.4 Å². The van der Waals surface area contributed by atoms with Gasteiger partial charge in [-0.25, -0.2) is 19.7 Å². The van der Waals surface area contributed by atoms with Gasteiger partial charge < -0.3 is 24.8 Å². The average Bonchev–Trinajstić information content (AvgIpc) is 2.97. The second-order valence-electron chi connectivity index (χ2n) is 8.74. The van der Waals surface area contributed by atoms with E-state index in [2.05, 4.69) is 25.6 Å². The van der Waals surface area contributed by atoms with Crippen molar-refractivity contribution in [2.75, 3.05) is 24.4 Å². The smallest absolute Gasteiger partial charge is 0.417 e. The Balaban J connectivity index is 1.46. The van der Waals surface area contributed by atoms with Crippen LogP contribution >= 0.6 is 0 Å². The van der Waals surface area contributed by atoms with Crippen molar-refractivity contribution < 1.29 is 32.2 Å². The lowest BCUT2D eigenvalue weighted by molar-refractivity contribution is -0.137. The lowest BCUT2D eigenvalue weighted by atomic mass is 10.1. The lowest BCUT2D eigenvalue weighted by Crippen LogP contribution is -2.21. The minimum Gasteiger partial charge on any atom is -0.497 e. The Morgan fingerprint density at radius 1 is 1.02 bits per heavy atom. The van der Waals surface area contributed by atoms with Crippen molar-refractivity contribution in [2.45, 2.75) is 26.6 Å². The molecule has 0 atom stereocenters. The number of hydrogen-bond donors (Lipinski definition) is 2. The molecule has 0 radical (unpaired) electrons. The Kier molecular flexibility index (Phi) is 9.06. The maximum absolute atomic E-state index is 13.2. The van der Waals surface area contributed by atoms with Gasteiger partial charge in [0.1, 0.15) is 12.4 Å². The summed E-state index contributed by atoms with van der Waals surface area (Å²) >= 11 is 0. The number of halogens is 3. The molecule has 216 valence electrons. The Labute approximate surface area is 239 Å². The van der Waals surface area contributed by atoms with E-state index in [0.29, 0.717) is 41.4 Å². The molecule has 0 aliphatic carbocycles. The van der Waals surface area contributed by atoms with Crippen LogP contribution in [0.5, 0.6) is 17.4 Å². The van der Waals surface area contributed by atoms with Crippen molar-refractivity contribution in [1.82, 2.24) is 15.0 Å². The number of aromatic nitrogens is 3. The average molecular weight is 579 g/mol. The van der Waals surface area contributed by atoms with Crippen LogP contribution in [0, 0.1) is 18.3 Å². The number of aryl methyl sites for hydroxylation is 1. The number of urea groups is 1. The zero-order chi connectivity index (χ0) is 30.3. The molecule has 2 aromatic carbocycles. The largest absolute Gasteiger partial charge is 0.497 e. The topological polar surface area (TPSA) is 131 Å². The highest BCUT2D eigenvalue weighted by molar-refractivity contribution is 6.00. The monoisotopic (exact) mass is 578 g/mol. The number of alkyl halides is 3. The van der Waals surface area contributed by atoms with Gasteiger partial charge in [-0.05, 0) is 55.8 Å². The number of carbonyl (C=O) groups excluding carboxylic acids is 1. The maximum atomic E-state index is 13.2. The summed E-state index contributed by atoms with van der Waals surface area (Å²) in [6.45, 7) is 4.08. The van der Waals surface area contributed by atoms with Gasteiger partial charge in [0.25, 0.3) is 5.88 Å². The zero-order valence-corrected chi connectivity index (χ0v) is 22.7. The molecule has 42 heavy (non-hydrogen) atoms. The van der Waals surface area contributed by atoms with Crippen LogP contribution in [-0.4, -0.2) is 34.7 Å². The number of rotatable bonds is 9. The Hall–Kier alpha value is -5.38. The van der Waals surface area contributed by atoms with E-state index in [1.807, 2.05) is 31.2 Å². The minimum absolute atomic E-state index is 0.141. The SMILES string of the molecule is CCOc1cc(-c2ncc(NC(=O)Nc3ccc(C#N)c(C(F)(F)F)c3)c(C)n2)cnc1OCc1ccc(OC)cc1. The van der Waals surface area contributed by atoms with Crippen LogP contribution in [0.3, 0.4) is 0 Å². The van der Waals surface area contributed by atoms with E-state index in [1.165, 1.54) is 24.5 Å². The Morgan fingerprint density at radius 3 is 2.43 bits per heavy atom. The van der Waals surface area contributed by atoms with Crippen LogP contribution in [0.1, 0.15) is 29.3 Å². The van der Waals surface area contributed by atoms with Crippen LogP contribution in [0.25, 0.3) is 11.4 Å². The standard InChI is InChI=1S/C29H25F3N6O4/c1-4-41-25-11-20(14-35-27(25)42-16-18-5-9-22(40-3)10-6-18)26-34-15-24(17(2)36-26)38-28(39)37-21-8-7-19(13-33)23(12-21)29(30,31)32/h5-12,14-15H,4,16H2,1-3H3,(H2,37,38,39). The highest BCUT2D eigenvalue weighted by Gasteiger charge is 2.34. The van der Waals surface area contributed by atoms with Gasteiger partial charge in [-0.15, -0.1) is 0 Å². The number of benzene rings is 2. The van der Waals surface area contributed by atoms with E-state index in [9.17, 15) is 18.0 Å². The van der Waals surface area contributed by atoms with Crippen molar-refractivity contribution in [3.63, 3.8) is 0 Å². The fraction of sp³-hybridized carbons (Fsp3) is 0.207. The lowest BCUT2D eigenvalue weighted by Gasteiger charge is -2.14. The van der Waals surface area contributed by atoms with E-state index in [-0.39, 0.29) is 18.0 Å². The third-order valence-electron chi connectivity index (χ3n) is 5.84. The summed E-state index contributed by atoms with van der Waals surface area (Å²) in [7, 11) is 1.59. The van der Waals surface area contributed by atoms with E-state index < -0.39 is 23.3 Å². The van der Waals surface area contributed by atoms with Gasteiger partial charge in [0.15, 0.2) is 11.6 Å². The molecule has 4 aromatic rings. The number of pyridine rings is 1. The van der Waals surface area contributed by atoms with Crippen molar-refractivity contribution >= 4 is 17.4 Å². The molecule has 0 spiro atoms. The first kappa shape index (κ1) is 29.6. The van der Waals surface area contributed by atoms with Crippen LogP contribution < -0.4 is 24.8 Å². The minimum atomic E-state index is -4.75. The molecule has 0 fully saturated rings. The molecule has 10 nitrogen and oxygen atoms in total. The number of anilines is 2. The number of nitrogens with zero attached hydrogens (tertiary/aromatic N) is 4. The summed E-state index contributed by atoms with van der Waals surface area (Å²) in [5.74, 6) is 1.72.